The predicted molar refractivity (Wildman–Crippen MR) is 67.0 cm³/mol. The van der Waals surface area contributed by atoms with E-state index in [9.17, 15) is 17.9 Å². The molecule has 7 heteroatoms. The average molecular weight is 289 g/mol. The summed E-state index contributed by atoms with van der Waals surface area (Å²) in [6.45, 7) is 0.124. The minimum Gasteiger partial charge on any atom is -0.494 e. The van der Waals surface area contributed by atoms with Gasteiger partial charge in [-0.2, -0.15) is 4.31 Å². The molecule has 1 atom stereocenters. The zero-order valence-corrected chi connectivity index (χ0v) is 11.4. The molecule has 0 aromatic heterocycles. The van der Waals surface area contributed by atoms with E-state index in [1.807, 2.05) is 0 Å². The second-order valence-electron chi connectivity index (χ2n) is 4.39. The van der Waals surface area contributed by atoms with Crippen LogP contribution in [0.15, 0.2) is 23.1 Å². The Morgan fingerprint density at radius 3 is 2.84 bits per heavy atom. The standard InChI is InChI=1S/C12H16FNO4S/c1-18-12-5-4-10(7-11(12)13)19(16,17)14-6-2-3-9(14)8-15/h4-5,7,9,15H,2-3,6,8H2,1H3. The number of aliphatic hydroxyl groups excluding tert-OH is 1. The highest BCUT2D eigenvalue weighted by Crippen LogP contribution is 2.28. The lowest BCUT2D eigenvalue weighted by Gasteiger charge is -2.22. The Hall–Kier alpha value is -1.18. The molecular weight excluding hydrogens is 273 g/mol. The number of halogens is 1. The van der Waals surface area contributed by atoms with Crippen LogP contribution in [-0.2, 0) is 10.0 Å². The Morgan fingerprint density at radius 1 is 1.53 bits per heavy atom. The van der Waals surface area contributed by atoms with Crippen LogP contribution in [0.25, 0.3) is 0 Å². The first-order valence-corrected chi connectivity index (χ1v) is 7.41. The van der Waals surface area contributed by atoms with Crippen LogP contribution < -0.4 is 4.74 Å². The van der Waals surface area contributed by atoms with Gasteiger partial charge in [-0.15, -0.1) is 0 Å². The van der Waals surface area contributed by atoms with Crippen LogP contribution >= 0.6 is 0 Å². The zero-order valence-electron chi connectivity index (χ0n) is 10.5. The number of sulfonamides is 1. The Labute approximate surface area is 111 Å². The molecule has 0 amide bonds. The molecule has 106 valence electrons. The van der Waals surface area contributed by atoms with Gasteiger partial charge in [0.25, 0.3) is 0 Å². The molecule has 2 rings (SSSR count). The van der Waals surface area contributed by atoms with E-state index in [4.69, 9.17) is 4.74 Å². The fourth-order valence-electron chi connectivity index (χ4n) is 2.25. The van der Waals surface area contributed by atoms with Gasteiger partial charge in [0.15, 0.2) is 11.6 Å². The first kappa shape index (κ1) is 14.2. The monoisotopic (exact) mass is 289 g/mol. The molecule has 1 fully saturated rings. The molecule has 1 N–H and O–H groups in total. The molecule has 19 heavy (non-hydrogen) atoms. The van der Waals surface area contributed by atoms with Crippen molar-refractivity contribution in [2.24, 2.45) is 0 Å². The third-order valence-electron chi connectivity index (χ3n) is 3.26. The molecule has 0 radical (unpaired) electrons. The van der Waals surface area contributed by atoms with Crippen LogP contribution in [0.1, 0.15) is 12.8 Å². The second kappa shape index (κ2) is 5.44. The smallest absolute Gasteiger partial charge is 0.243 e. The Bertz CT molecular complexity index is 561. The van der Waals surface area contributed by atoms with Gasteiger partial charge in [-0.05, 0) is 31.0 Å². The maximum absolute atomic E-state index is 13.6. The van der Waals surface area contributed by atoms with E-state index in [0.29, 0.717) is 19.4 Å². The Kier molecular flexibility index (Phi) is 4.07. The molecule has 1 unspecified atom stereocenters. The first-order chi connectivity index (χ1) is 9.00. The molecule has 1 aliphatic heterocycles. The highest BCUT2D eigenvalue weighted by Gasteiger charge is 2.35. The normalized spacial score (nSPS) is 20.7. The SMILES string of the molecule is COc1ccc(S(=O)(=O)N2CCCC2CO)cc1F. The molecule has 1 saturated heterocycles. The minimum atomic E-state index is -3.77. The fraction of sp³-hybridized carbons (Fsp3) is 0.500. The van der Waals surface area contributed by atoms with Crippen LogP contribution in [0.5, 0.6) is 5.75 Å². The van der Waals surface area contributed by atoms with E-state index < -0.39 is 21.9 Å². The van der Waals surface area contributed by atoms with Crippen LogP contribution in [-0.4, -0.2) is 44.1 Å². The third-order valence-corrected chi connectivity index (χ3v) is 5.21. The summed E-state index contributed by atoms with van der Waals surface area (Å²) >= 11 is 0. The van der Waals surface area contributed by atoms with Crippen molar-refractivity contribution < 1.29 is 22.7 Å². The first-order valence-electron chi connectivity index (χ1n) is 5.97. The van der Waals surface area contributed by atoms with Crippen LogP contribution in [0, 0.1) is 5.82 Å². The zero-order chi connectivity index (χ0) is 14.0. The summed E-state index contributed by atoms with van der Waals surface area (Å²) in [5.41, 5.74) is 0. The summed E-state index contributed by atoms with van der Waals surface area (Å²) in [5, 5.41) is 9.18. The molecule has 1 aromatic carbocycles. The molecule has 0 bridgehead atoms. The quantitative estimate of drug-likeness (QED) is 0.897. The molecule has 0 spiro atoms. The Morgan fingerprint density at radius 2 is 2.26 bits per heavy atom. The van der Waals surface area contributed by atoms with E-state index in [1.54, 1.807) is 0 Å². The van der Waals surface area contributed by atoms with Crippen molar-refractivity contribution in [3.05, 3.63) is 24.0 Å². The maximum atomic E-state index is 13.6. The van der Waals surface area contributed by atoms with Crippen molar-refractivity contribution in [2.75, 3.05) is 20.3 Å². The average Bonchev–Trinajstić information content (AvgIpc) is 2.87. The molecular formula is C12H16FNO4S. The summed E-state index contributed by atoms with van der Waals surface area (Å²) < 4.78 is 44.3. The number of ether oxygens (including phenoxy) is 1. The van der Waals surface area contributed by atoms with Gasteiger partial charge >= 0.3 is 0 Å². The summed E-state index contributed by atoms with van der Waals surface area (Å²) in [6.07, 6.45) is 1.32. The van der Waals surface area contributed by atoms with E-state index in [0.717, 1.165) is 6.07 Å². The molecule has 1 aliphatic rings. The predicted octanol–water partition coefficient (Wildman–Crippen LogP) is 0.980. The van der Waals surface area contributed by atoms with Gasteiger partial charge in [0.05, 0.1) is 18.6 Å². The number of rotatable bonds is 4. The van der Waals surface area contributed by atoms with Gasteiger partial charge in [0.1, 0.15) is 0 Å². The van der Waals surface area contributed by atoms with Gasteiger partial charge < -0.3 is 9.84 Å². The molecule has 1 aromatic rings. The highest BCUT2D eigenvalue weighted by atomic mass is 32.2. The van der Waals surface area contributed by atoms with Gasteiger partial charge in [-0.25, -0.2) is 12.8 Å². The van der Waals surface area contributed by atoms with Gasteiger partial charge in [-0.1, -0.05) is 0 Å². The van der Waals surface area contributed by atoms with E-state index in [1.165, 1.54) is 23.5 Å². The summed E-state index contributed by atoms with van der Waals surface area (Å²) in [5.74, 6) is -0.720. The van der Waals surface area contributed by atoms with Crippen molar-refractivity contribution in [1.29, 1.82) is 0 Å². The van der Waals surface area contributed by atoms with Crippen LogP contribution in [0.4, 0.5) is 4.39 Å². The lowest BCUT2D eigenvalue weighted by atomic mass is 10.2. The van der Waals surface area contributed by atoms with Crippen LogP contribution in [0.2, 0.25) is 0 Å². The largest absolute Gasteiger partial charge is 0.494 e. The number of methoxy groups -OCH3 is 1. The second-order valence-corrected chi connectivity index (χ2v) is 6.28. The van der Waals surface area contributed by atoms with Gasteiger partial charge in [0.2, 0.25) is 10.0 Å². The van der Waals surface area contributed by atoms with Crippen molar-refractivity contribution >= 4 is 10.0 Å². The lowest BCUT2D eigenvalue weighted by Crippen LogP contribution is -2.37. The van der Waals surface area contributed by atoms with E-state index in [-0.39, 0.29) is 17.3 Å². The molecule has 0 saturated carbocycles. The van der Waals surface area contributed by atoms with E-state index >= 15 is 0 Å². The summed E-state index contributed by atoms with van der Waals surface area (Å²) in [7, 11) is -2.46. The number of nitrogens with zero attached hydrogens (tertiary/aromatic N) is 1. The number of hydrogen-bond acceptors (Lipinski definition) is 4. The number of benzene rings is 1. The van der Waals surface area contributed by atoms with Gasteiger partial charge in [-0.3, -0.25) is 0 Å². The van der Waals surface area contributed by atoms with E-state index in [2.05, 4.69) is 0 Å². The number of aliphatic hydroxyl groups is 1. The Balaban J connectivity index is 2.37. The topological polar surface area (TPSA) is 66.8 Å². The lowest BCUT2D eigenvalue weighted by molar-refractivity contribution is 0.213. The van der Waals surface area contributed by atoms with Crippen LogP contribution in [0.3, 0.4) is 0 Å². The highest BCUT2D eigenvalue weighted by molar-refractivity contribution is 7.89. The molecule has 1 heterocycles. The van der Waals surface area contributed by atoms with Crippen molar-refractivity contribution in [1.82, 2.24) is 4.31 Å². The van der Waals surface area contributed by atoms with Crippen molar-refractivity contribution in [3.63, 3.8) is 0 Å². The summed E-state index contributed by atoms with van der Waals surface area (Å²) in [6, 6.07) is 3.12. The third kappa shape index (κ3) is 2.58. The summed E-state index contributed by atoms with van der Waals surface area (Å²) in [4.78, 5) is -0.119. The molecule has 5 nitrogen and oxygen atoms in total. The molecule has 0 aliphatic carbocycles. The maximum Gasteiger partial charge on any atom is 0.243 e. The number of hydrogen-bond donors (Lipinski definition) is 1. The van der Waals surface area contributed by atoms with Gasteiger partial charge in [0, 0.05) is 12.6 Å². The minimum absolute atomic E-state index is 0.000852. The van der Waals surface area contributed by atoms with Crippen molar-refractivity contribution in [2.45, 2.75) is 23.8 Å². The fourth-order valence-corrected chi connectivity index (χ4v) is 3.95. The van der Waals surface area contributed by atoms with Crippen molar-refractivity contribution in [3.8, 4) is 5.75 Å².